The molecule has 0 fully saturated rings. The molecule has 0 spiro atoms. The van der Waals surface area contributed by atoms with E-state index in [2.05, 4.69) is 31.9 Å². The van der Waals surface area contributed by atoms with E-state index in [1.165, 1.54) is 27.6 Å². The second kappa shape index (κ2) is 7.49. The molecule has 2 aromatic rings. The first-order valence-electron chi connectivity index (χ1n) is 7.59. The van der Waals surface area contributed by atoms with Crippen molar-refractivity contribution in [3.8, 4) is 17.2 Å². The summed E-state index contributed by atoms with van der Waals surface area (Å²) in [5.74, 6) is -0.271. The molecule has 0 bridgehead atoms. The van der Waals surface area contributed by atoms with Crippen LogP contribution in [0.15, 0.2) is 27.3 Å². The maximum atomic E-state index is 12.5. The lowest BCUT2D eigenvalue weighted by Gasteiger charge is -2.18. The highest BCUT2D eigenvalue weighted by Crippen LogP contribution is 2.44. The van der Waals surface area contributed by atoms with Crippen molar-refractivity contribution in [1.29, 1.82) is 0 Å². The van der Waals surface area contributed by atoms with Gasteiger partial charge in [0.05, 0.1) is 42.1 Å². The van der Waals surface area contributed by atoms with E-state index in [4.69, 9.17) is 18.6 Å². The number of Topliss-reactive ketones (excluding diaryl/α,β-unsaturated/α-hetero) is 2. The highest BCUT2D eigenvalue weighted by Gasteiger charge is 2.37. The average Bonchev–Trinajstić information content (AvgIpc) is 3.13. The van der Waals surface area contributed by atoms with E-state index < -0.39 is 17.7 Å². The molecule has 0 saturated carbocycles. The molecule has 1 aliphatic carbocycles. The SMILES string of the molecule is COc1cc(C(O)c2coc3c2C(=O)C(=O)C(Br)=C3Br)cc(OC)c1OC. The quantitative estimate of drug-likeness (QED) is 0.625. The summed E-state index contributed by atoms with van der Waals surface area (Å²) in [7, 11) is 4.37. The van der Waals surface area contributed by atoms with E-state index in [1.54, 1.807) is 12.1 Å². The number of hydrogen-bond acceptors (Lipinski definition) is 7. The van der Waals surface area contributed by atoms with Crippen LogP contribution in [0.5, 0.6) is 17.2 Å². The Bertz CT molecular complexity index is 949. The molecule has 7 nitrogen and oxygen atoms in total. The van der Waals surface area contributed by atoms with Crippen LogP contribution in [0.3, 0.4) is 0 Å². The van der Waals surface area contributed by atoms with Crippen LogP contribution in [-0.2, 0) is 4.79 Å². The van der Waals surface area contributed by atoms with Gasteiger partial charge in [0.1, 0.15) is 6.10 Å². The fourth-order valence-corrected chi connectivity index (χ4v) is 3.65. The summed E-state index contributed by atoms with van der Waals surface area (Å²) < 4.78 is 21.7. The van der Waals surface area contributed by atoms with E-state index in [0.29, 0.717) is 27.3 Å². The lowest BCUT2D eigenvalue weighted by atomic mass is 9.92. The second-order valence-corrected chi connectivity index (χ2v) is 7.13. The molecule has 1 N–H and O–H groups in total. The summed E-state index contributed by atoms with van der Waals surface area (Å²) in [5.41, 5.74) is 0.545. The van der Waals surface area contributed by atoms with Gasteiger partial charge in [0.2, 0.25) is 17.3 Å². The van der Waals surface area contributed by atoms with E-state index in [1.807, 2.05) is 0 Å². The lowest BCUT2D eigenvalue weighted by Crippen LogP contribution is -2.21. The van der Waals surface area contributed by atoms with Crippen LogP contribution in [0.25, 0.3) is 4.48 Å². The van der Waals surface area contributed by atoms with Crippen molar-refractivity contribution in [3.63, 3.8) is 0 Å². The van der Waals surface area contributed by atoms with E-state index in [9.17, 15) is 14.7 Å². The average molecular weight is 502 g/mol. The Morgan fingerprint density at radius 2 is 1.56 bits per heavy atom. The molecule has 3 rings (SSSR count). The fraction of sp³-hybridized carbons (Fsp3) is 0.222. The van der Waals surface area contributed by atoms with Crippen molar-refractivity contribution in [2.75, 3.05) is 21.3 Å². The van der Waals surface area contributed by atoms with Crippen molar-refractivity contribution in [3.05, 3.63) is 45.3 Å². The number of furan rings is 1. The molecule has 27 heavy (non-hydrogen) atoms. The Hall–Kier alpha value is -2.10. The third-order valence-electron chi connectivity index (χ3n) is 4.14. The molecule has 0 amide bonds. The minimum absolute atomic E-state index is 0.0105. The molecule has 0 saturated heterocycles. The normalized spacial score (nSPS) is 14.9. The number of aliphatic hydroxyl groups is 1. The summed E-state index contributed by atoms with van der Waals surface area (Å²) in [6.07, 6.45) is -0.0172. The first-order chi connectivity index (χ1) is 12.8. The van der Waals surface area contributed by atoms with Gasteiger partial charge in [-0.2, -0.15) is 0 Å². The number of methoxy groups -OCH3 is 3. The number of hydrogen-bond donors (Lipinski definition) is 1. The molecule has 142 valence electrons. The van der Waals surface area contributed by atoms with Crippen LogP contribution in [0.4, 0.5) is 0 Å². The molecule has 0 radical (unpaired) electrons. The summed E-state index contributed by atoms with van der Waals surface area (Å²) in [5, 5.41) is 10.9. The highest BCUT2D eigenvalue weighted by atomic mass is 79.9. The number of ether oxygens (including phenoxy) is 3. The fourth-order valence-electron chi connectivity index (χ4n) is 2.82. The zero-order valence-corrected chi connectivity index (χ0v) is 17.6. The molecule has 1 aliphatic rings. The minimum atomic E-state index is -1.26. The lowest BCUT2D eigenvalue weighted by molar-refractivity contribution is -0.111. The molecular formula is C18H14Br2O7. The van der Waals surface area contributed by atoms with Crippen LogP contribution < -0.4 is 14.2 Å². The van der Waals surface area contributed by atoms with Gasteiger partial charge >= 0.3 is 0 Å². The number of allylic oxidation sites excluding steroid dienone is 1. The third kappa shape index (κ3) is 3.09. The number of benzene rings is 1. The molecule has 9 heteroatoms. The Labute approximate surface area is 171 Å². The van der Waals surface area contributed by atoms with Crippen molar-refractivity contribution < 1.29 is 33.3 Å². The summed E-state index contributed by atoms with van der Waals surface area (Å²) in [6.45, 7) is 0. The highest BCUT2D eigenvalue weighted by molar-refractivity contribution is 9.16. The topological polar surface area (TPSA) is 95.2 Å². The third-order valence-corrected chi connectivity index (χ3v) is 6.19. The van der Waals surface area contributed by atoms with Crippen LogP contribution in [0.2, 0.25) is 0 Å². The van der Waals surface area contributed by atoms with Gasteiger partial charge in [-0.05, 0) is 49.6 Å². The Morgan fingerprint density at radius 1 is 0.963 bits per heavy atom. The molecule has 1 unspecified atom stereocenters. The van der Waals surface area contributed by atoms with Crippen LogP contribution >= 0.6 is 31.9 Å². The molecule has 1 heterocycles. The second-order valence-electron chi connectivity index (χ2n) is 5.54. The predicted molar refractivity (Wildman–Crippen MR) is 103 cm³/mol. The monoisotopic (exact) mass is 500 g/mol. The maximum absolute atomic E-state index is 12.5. The number of rotatable bonds is 5. The minimum Gasteiger partial charge on any atom is -0.493 e. The van der Waals surface area contributed by atoms with Crippen molar-refractivity contribution >= 4 is 47.9 Å². The maximum Gasteiger partial charge on any atom is 0.241 e. The predicted octanol–water partition coefficient (Wildman–Crippen LogP) is 3.61. The van der Waals surface area contributed by atoms with Gasteiger partial charge in [0.25, 0.3) is 0 Å². The van der Waals surface area contributed by atoms with Crippen molar-refractivity contribution in [2.45, 2.75) is 6.10 Å². The largest absolute Gasteiger partial charge is 0.493 e. The molecule has 1 atom stereocenters. The summed E-state index contributed by atoms with van der Waals surface area (Å²) >= 11 is 6.30. The first-order valence-corrected chi connectivity index (χ1v) is 9.18. The molecular weight excluding hydrogens is 488 g/mol. The van der Waals surface area contributed by atoms with Gasteiger partial charge < -0.3 is 23.7 Å². The zero-order valence-electron chi connectivity index (χ0n) is 14.5. The number of carbonyl (C=O) groups excluding carboxylic acids is 2. The number of ketones is 2. The van der Waals surface area contributed by atoms with E-state index in [-0.39, 0.29) is 21.4 Å². The van der Waals surface area contributed by atoms with Crippen molar-refractivity contribution in [1.82, 2.24) is 0 Å². The number of aliphatic hydroxyl groups excluding tert-OH is 1. The molecule has 0 aliphatic heterocycles. The molecule has 1 aromatic carbocycles. The summed E-state index contributed by atoms with van der Waals surface area (Å²) in [6, 6.07) is 3.11. The molecule has 1 aromatic heterocycles. The van der Waals surface area contributed by atoms with E-state index >= 15 is 0 Å². The zero-order chi connectivity index (χ0) is 19.9. The van der Waals surface area contributed by atoms with Gasteiger partial charge in [-0.1, -0.05) is 0 Å². The number of halogens is 2. The van der Waals surface area contributed by atoms with Gasteiger partial charge in [0, 0.05) is 5.56 Å². The van der Waals surface area contributed by atoms with Crippen LogP contribution in [0, 0.1) is 0 Å². The van der Waals surface area contributed by atoms with E-state index in [0.717, 1.165) is 0 Å². The van der Waals surface area contributed by atoms with Gasteiger partial charge in [-0.15, -0.1) is 0 Å². The Kier molecular flexibility index (Phi) is 5.45. The van der Waals surface area contributed by atoms with Crippen LogP contribution in [0.1, 0.15) is 33.3 Å². The first kappa shape index (κ1) is 19.7. The standard InChI is InChI=1S/C18H14Br2O7/c1-24-9-4-7(5-10(25-2)17(9)26-3)14(21)8-6-27-18-11(8)15(22)16(23)12(19)13(18)20/h4-6,14,21H,1-3H3. The van der Waals surface area contributed by atoms with Gasteiger partial charge in [-0.3, -0.25) is 9.59 Å². The number of fused-ring (bicyclic) bond motifs is 1. The van der Waals surface area contributed by atoms with Gasteiger partial charge in [-0.25, -0.2) is 0 Å². The smallest absolute Gasteiger partial charge is 0.241 e. The Morgan fingerprint density at radius 3 is 2.07 bits per heavy atom. The van der Waals surface area contributed by atoms with Crippen LogP contribution in [-0.4, -0.2) is 38.0 Å². The Balaban J connectivity index is 2.15. The van der Waals surface area contributed by atoms with Crippen molar-refractivity contribution in [2.24, 2.45) is 0 Å². The summed E-state index contributed by atoms with van der Waals surface area (Å²) in [4.78, 5) is 24.6. The number of carbonyl (C=O) groups is 2. The van der Waals surface area contributed by atoms with Gasteiger partial charge in [0.15, 0.2) is 17.3 Å².